The summed E-state index contributed by atoms with van der Waals surface area (Å²) in [5.74, 6) is 0. The molecule has 0 spiro atoms. The van der Waals surface area contributed by atoms with Crippen molar-refractivity contribution in [1.82, 2.24) is 0 Å². The number of nitrogens with zero attached hydrogens (tertiary/aromatic N) is 3. The molecule has 3 nitrogen and oxygen atoms in total. The predicted molar refractivity (Wildman–Crippen MR) is 320 cm³/mol. The predicted octanol–water partition coefficient (Wildman–Crippen LogP) is 17.4. The highest BCUT2D eigenvalue weighted by atomic mass is 15.2. The second-order valence-electron chi connectivity index (χ2n) is 27.2. The van der Waals surface area contributed by atoms with Crippen LogP contribution in [0.25, 0.3) is 11.1 Å². The van der Waals surface area contributed by atoms with Crippen LogP contribution < -0.4 is 31.1 Å². The van der Waals surface area contributed by atoms with E-state index in [0.29, 0.717) is 0 Å². The normalized spacial score (nSPS) is 15.7. The minimum absolute atomic E-state index is 0.00653. The topological polar surface area (TPSA) is 9.72 Å². The molecular formula is C70H74BN3. The van der Waals surface area contributed by atoms with Gasteiger partial charge in [-0.15, -0.1) is 0 Å². The third-order valence-corrected chi connectivity index (χ3v) is 17.5. The van der Waals surface area contributed by atoms with Crippen LogP contribution in [0.4, 0.5) is 51.2 Å². The Morgan fingerprint density at radius 3 is 1.47 bits per heavy atom. The minimum atomic E-state index is -0.329. The number of hydrogen-bond donors (Lipinski definition) is 0. The molecule has 13 rings (SSSR count). The molecular weight excluding hydrogens is 894 g/mol. The van der Waals surface area contributed by atoms with E-state index in [9.17, 15) is 0 Å². The van der Waals surface area contributed by atoms with Crippen molar-refractivity contribution >= 4 is 74.3 Å². The van der Waals surface area contributed by atoms with Gasteiger partial charge in [-0.2, -0.15) is 0 Å². The van der Waals surface area contributed by atoms with E-state index in [1.807, 2.05) is 0 Å². The lowest BCUT2D eigenvalue weighted by Gasteiger charge is -2.46. The third kappa shape index (κ3) is 7.28. The summed E-state index contributed by atoms with van der Waals surface area (Å²) in [5.41, 5.74) is 27.8. The lowest BCUT2D eigenvalue weighted by Crippen LogP contribution is -2.61. The van der Waals surface area contributed by atoms with E-state index in [1.54, 1.807) is 0 Å². The van der Waals surface area contributed by atoms with E-state index in [0.717, 1.165) is 22.7 Å². The van der Waals surface area contributed by atoms with Crippen LogP contribution in [0.2, 0.25) is 0 Å². The SMILES string of the molecule is CC(C)(C)c1ccc(N(c2ccc(C(C)(C)C)cc2)c2ccc3c(c2)N(c2ccc(C(C)(C)C)cc2)c2cc4cc5c2B3c2cc(C(C)(C)C)ccc2N5c2cccc3c2-c2ccc(cc2C3(C)C)C4(C)C)cc1. The largest absolute Gasteiger partial charge is 0.311 e. The van der Waals surface area contributed by atoms with Gasteiger partial charge in [-0.1, -0.05) is 196 Å². The lowest BCUT2D eigenvalue weighted by molar-refractivity contribution is 0.590. The van der Waals surface area contributed by atoms with E-state index in [-0.39, 0.29) is 39.2 Å². The van der Waals surface area contributed by atoms with Gasteiger partial charge in [0.25, 0.3) is 6.71 Å². The van der Waals surface area contributed by atoms with Gasteiger partial charge >= 0.3 is 0 Å². The first-order valence-corrected chi connectivity index (χ1v) is 27.2. The molecule has 0 saturated heterocycles. The van der Waals surface area contributed by atoms with Gasteiger partial charge < -0.3 is 14.7 Å². The van der Waals surface area contributed by atoms with Gasteiger partial charge in [0.1, 0.15) is 0 Å². The van der Waals surface area contributed by atoms with E-state index in [4.69, 9.17) is 0 Å². The van der Waals surface area contributed by atoms with E-state index in [1.165, 1.54) is 100 Å². The molecule has 74 heavy (non-hydrogen) atoms. The van der Waals surface area contributed by atoms with Crippen LogP contribution in [-0.4, -0.2) is 6.71 Å². The molecule has 0 fully saturated rings. The summed E-state index contributed by atoms with van der Waals surface area (Å²) in [5, 5.41) is 0. The molecule has 0 radical (unpaired) electrons. The molecule has 4 heterocycles. The molecule has 0 aromatic heterocycles. The van der Waals surface area contributed by atoms with Crippen molar-refractivity contribution in [3.63, 3.8) is 0 Å². The standard InChI is InChI=1S/C70H74BN3/c1-65(2,3)43-20-28-49(29-21-43)72(50-30-22-44(23-31-50)66(4,5)6)52-34-36-56-60(42-52)73(51-32-24-45(25-33-51)67(7,8)9)61-40-48-41-62-64(61)71(56)57-39-46(68(10,11)12)27-37-58(57)74(62)59-19-17-18-54-63(59)53-35-26-47(69(48,13)14)38-55(53)70(54,15)16/h17-42H,1-16H3. The average molecular weight is 968 g/mol. The minimum Gasteiger partial charge on any atom is -0.311 e. The summed E-state index contributed by atoms with van der Waals surface area (Å²) in [4.78, 5) is 7.77. The second-order valence-corrected chi connectivity index (χ2v) is 27.2. The maximum atomic E-state index is 2.67. The van der Waals surface area contributed by atoms with Gasteiger partial charge in [0, 0.05) is 61.9 Å². The summed E-state index contributed by atoms with van der Waals surface area (Å²) in [6, 6.07) is 62.5. The Morgan fingerprint density at radius 1 is 0.378 bits per heavy atom. The van der Waals surface area contributed by atoms with Gasteiger partial charge in [0.15, 0.2) is 0 Å². The second kappa shape index (κ2) is 15.9. The molecule has 0 saturated carbocycles. The van der Waals surface area contributed by atoms with Gasteiger partial charge in [-0.25, -0.2) is 0 Å². The third-order valence-electron chi connectivity index (χ3n) is 17.5. The molecule has 1 aliphatic carbocycles. The van der Waals surface area contributed by atoms with Crippen LogP contribution in [0, 0.1) is 0 Å². The quantitative estimate of drug-likeness (QED) is 0.163. The smallest absolute Gasteiger partial charge is 0.252 e. The summed E-state index contributed by atoms with van der Waals surface area (Å²) >= 11 is 0. The van der Waals surface area contributed by atoms with Crippen molar-refractivity contribution in [2.45, 2.75) is 143 Å². The highest BCUT2D eigenvalue weighted by Gasteiger charge is 2.48. The van der Waals surface area contributed by atoms with Crippen molar-refractivity contribution in [1.29, 1.82) is 0 Å². The van der Waals surface area contributed by atoms with Crippen LogP contribution in [0.5, 0.6) is 0 Å². The van der Waals surface area contributed by atoms with Crippen molar-refractivity contribution in [3.8, 4) is 11.1 Å². The van der Waals surface area contributed by atoms with Crippen LogP contribution in [-0.2, 0) is 32.5 Å². The first-order chi connectivity index (χ1) is 34.7. The highest BCUT2D eigenvalue weighted by Crippen LogP contribution is 2.57. The van der Waals surface area contributed by atoms with Gasteiger partial charge in [-0.05, 0) is 161 Å². The first-order valence-electron chi connectivity index (χ1n) is 27.2. The fourth-order valence-electron chi connectivity index (χ4n) is 12.8. The fourth-order valence-corrected chi connectivity index (χ4v) is 12.8. The summed E-state index contributed by atoms with van der Waals surface area (Å²) in [6.45, 7) is 37.5. The summed E-state index contributed by atoms with van der Waals surface area (Å²) < 4.78 is 0. The van der Waals surface area contributed by atoms with E-state index >= 15 is 0 Å². The molecule has 5 aliphatic rings. The molecule has 372 valence electrons. The maximum absolute atomic E-state index is 2.67. The van der Waals surface area contributed by atoms with Crippen LogP contribution in [0.15, 0.2) is 158 Å². The monoisotopic (exact) mass is 968 g/mol. The molecule has 4 heteroatoms. The van der Waals surface area contributed by atoms with Crippen molar-refractivity contribution in [2.24, 2.45) is 0 Å². The molecule has 8 aromatic rings. The Hall–Kier alpha value is -6.78. The zero-order valence-corrected chi connectivity index (χ0v) is 46.9. The Labute approximate surface area is 443 Å². The molecule has 8 aromatic carbocycles. The Bertz CT molecular complexity index is 3530. The van der Waals surface area contributed by atoms with E-state index in [2.05, 4.69) is 283 Å². The average Bonchev–Trinajstić information content (AvgIpc) is 3.59. The van der Waals surface area contributed by atoms with Gasteiger partial charge in [0.05, 0.1) is 5.69 Å². The lowest BCUT2D eigenvalue weighted by atomic mass is 9.33. The highest BCUT2D eigenvalue weighted by molar-refractivity contribution is 7.00. The Kier molecular flexibility index (Phi) is 10.3. The molecule has 0 atom stereocenters. The van der Waals surface area contributed by atoms with Crippen LogP contribution in [0.3, 0.4) is 0 Å². The number of anilines is 9. The number of hydrogen-bond acceptors (Lipinski definition) is 3. The van der Waals surface area contributed by atoms with Crippen molar-refractivity contribution < 1.29 is 0 Å². The molecule has 0 amide bonds. The zero-order valence-electron chi connectivity index (χ0n) is 46.9. The number of fused-ring (bicyclic) bond motifs is 5. The summed E-state index contributed by atoms with van der Waals surface area (Å²) in [7, 11) is 0. The van der Waals surface area contributed by atoms with Gasteiger partial charge in [-0.3, -0.25) is 0 Å². The molecule has 6 bridgehead atoms. The number of benzene rings is 8. The maximum Gasteiger partial charge on any atom is 0.252 e. The van der Waals surface area contributed by atoms with Crippen molar-refractivity contribution in [2.75, 3.05) is 14.7 Å². The fraction of sp³-hybridized carbons (Fsp3) is 0.314. The molecule has 0 N–H and O–H groups in total. The van der Waals surface area contributed by atoms with E-state index < -0.39 is 0 Å². The van der Waals surface area contributed by atoms with Crippen LogP contribution in [0.1, 0.15) is 155 Å². The Balaban J connectivity index is 1.19. The van der Waals surface area contributed by atoms with Crippen LogP contribution >= 0.6 is 0 Å². The Morgan fingerprint density at radius 2 is 0.905 bits per heavy atom. The molecule has 4 aliphatic heterocycles. The number of rotatable bonds is 4. The first kappa shape index (κ1) is 48.2. The zero-order chi connectivity index (χ0) is 52.4. The summed E-state index contributed by atoms with van der Waals surface area (Å²) in [6.07, 6.45) is 0. The van der Waals surface area contributed by atoms with Gasteiger partial charge in [0.2, 0.25) is 0 Å². The molecule has 0 unspecified atom stereocenters. The van der Waals surface area contributed by atoms with Crippen molar-refractivity contribution in [3.05, 3.63) is 202 Å².